The van der Waals surface area contributed by atoms with E-state index in [1.807, 2.05) is 24.4 Å². The van der Waals surface area contributed by atoms with Gasteiger partial charge in [0.05, 0.1) is 0 Å². The van der Waals surface area contributed by atoms with Gasteiger partial charge in [-0.15, -0.1) is 0 Å². The number of hydrogen-bond acceptors (Lipinski definition) is 3. The fourth-order valence-electron chi connectivity index (χ4n) is 0.843. The molecule has 0 saturated carbocycles. The molecule has 60 valence electrons. The first-order valence-corrected chi connectivity index (χ1v) is 4.44. The minimum Gasteiger partial charge on any atom is -0.410 e. The Balaban J connectivity index is 2.56. The average molecular weight is 170 g/mol. The van der Waals surface area contributed by atoms with E-state index in [4.69, 9.17) is 9.31 Å². The zero-order valence-electron chi connectivity index (χ0n) is 6.74. The van der Waals surface area contributed by atoms with Gasteiger partial charge in [0.1, 0.15) is 0 Å². The third kappa shape index (κ3) is 2.32. The van der Waals surface area contributed by atoms with Gasteiger partial charge < -0.3 is 9.31 Å². The number of hydrogen-bond donors (Lipinski definition) is 0. The summed E-state index contributed by atoms with van der Waals surface area (Å²) in [6.07, 6.45) is 0. The van der Waals surface area contributed by atoms with E-state index in [2.05, 4.69) is 0 Å². The van der Waals surface area contributed by atoms with Gasteiger partial charge in [-0.1, -0.05) is 12.1 Å². The van der Waals surface area contributed by atoms with Crippen molar-refractivity contribution in [1.29, 1.82) is 0 Å². The molecular formula is C7H11BO2S. The quantitative estimate of drug-likeness (QED) is 0.630. The van der Waals surface area contributed by atoms with Gasteiger partial charge in [-0.05, 0) is 12.3 Å². The van der Waals surface area contributed by atoms with E-state index in [0.717, 1.165) is 4.78 Å². The van der Waals surface area contributed by atoms with E-state index in [-0.39, 0.29) is 7.12 Å². The topological polar surface area (TPSA) is 18.5 Å². The van der Waals surface area contributed by atoms with Crippen molar-refractivity contribution >= 4 is 23.2 Å². The van der Waals surface area contributed by atoms with Gasteiger partial charge in [-0.2, -0.15) is 11.3 Å². The second-order valence-electron chi connectivity index (χ2n) is 2.04. The van der Waals surface area contributed by atoms with Crippen molar-refractivity contribution in [3.05, 3.63) is 17.5 Å². The Bertz CT molecular complexity index is 188. The van der Waals surface area contributed by atoms with E-state index in [9.17, 15) is 0 Å². The first-order chi connectivity index (χ1) is 5.38. The lowest BCUT2D eigenvalue weighted by atomic mass is 9.88. The van der Waals surface area contributed by atoms with Crippen LogP contribution in [-0.2, 0) is 9.31 Å². The summed E-state index contributed by atoms with van der Waals surface area (Å²) in [5.41, 5.74) is 0. The molecule has 11 heavy (non-hydrogen) atoms. The molecule has 0 amide bonds. The molecule has 1 rings (SSSR count). The van der Waals surface area contributed by atoms with Gasteiger partial charge in [-0.3, -0.25) is 0 Å². The van der Waals surface area contributed by atoms with Crippen LogP contribution in [0.5, 0.6) is 0 Å². The van der Waals surface area contributed by atoms with Crippen LogP contribution in [0.3, 0.4) is 0 Å². The van der Waals surface area contributed by atoms with Crippen LogP contribution in [0, 0.1) is 0 Å². The number of rotatable bonds is 4. The van der Waals surface area contributed by atoms with Crippen LogP contribution in [0.2, 0.25) is 0 Å². The second-order valence-corrected chi connectivity index (χ2v) is 3.02. The van der Waals surface area contributed by atoms with Gasteiger partial charge in [0, 0.05) is 18.5 Å². The summed E-state index contributed by atoms with van der Waals surface area (Å²) in [5, 5.41) is 2.01. The van der Waals surface area contributed by atoms with Crippen molar-refractivity contribution in [2.75, 3.05) is 13.7 Å². The molecule has 0 saturated heterocycles. The zero-order valence-corrected chi connectivity index (χ0v) is 7.56. The zero-order chi connectivity index (χ0) is 8.10. The fourth-order valence-corrected chi connectivity index (χ4v) is 1.59. The highest BCUT2D eigenvalue weighted by Crippen LogP contribution is 1.98. The van der Waals surface area contributed by atoms with Crippen LogP contribution in [0.1, 0.15) is 6.92 Å². The maximum atomic E-state index is 5.32. The van der Waals surface area contributed by atoms with E-state index in [1.165, 1.54) is 0 Å². The summed E-state index contributed by atoms with van der Waals surface area (Å²) in [7, 11) is 1.47. The smallest absolute Gasteiger partial charge is 0.410 e. The van der Waals surface area contributed by atoms with Gasteiger partial charge in [0.25, 0.3) is 0 Å². The maximum absolute atomic E-state index is 5.32. The van der Waals surface area contributed by atoms with Crippen molar-refractivity contribution in [2.45, 2.75) is 6.92 Å². The summed E-state index contributed by atoms with van der Waals surface area (Å²) in [6.45, 7) is 2.63. The molecule has 1 heterocycles. The highest BCUT2D eigenvalue weighted by molar-refractivity contribution is 7.20. The highest BCUT2D eigenvalue weighted by atomic mass is 32.1. The SMILES string of the molecule is CCOB(OC)c1cccs1. The summed E-state index contributed by atoms with van der Waals surface area (Å²) in [5.74, 6) is 0. The van der Waals surface area contributed by atoms with E-state index >= 15 is 0 Å². The minimum atomic E-state index is -0.181. The fraction of sp³-hybridized carbons (Fsp3) is 0.429. The van der Waals surface area contributed by atoms with Crippen molar-refractivity contribution < 1.29 is 9.31 Å². The van der Waals surface area contributed by atoms with Crippen LogP contribution >= 0.6 is 11.3 Å². The van der Waals surface area contributed by atoms with Gasteiger partial charge in [0.2, 0.25) is 0 Å². The van der Waals surface area contributed by atoms with Crippen molar-refractivity contribution in [1.82, 2.24) is 0 Å². The summed E-state index contributed by atoms with van der Waals surface area (Å²) < 4.78 is 11.6. The van der Waals surface area contributed by atoms with Crippen molar-refractivity contribution in [3.8, 4) is 0 Å². The maximum Gasteiger partial charge on any atom is 0.504 e. The Morgan fingerprint density at radius 2 is 2.45 bits per heavy atom. The number of thiophene rings is 1. The molecule has 0 atom stereocenters. The molecule has 4 heteroatoms. The monoisotopic (exact) mass is 170 g/mol. The van der Waals surface area contributed by atoms with Gasteiger partial charge >= 0.3 is 7.12 Å². The summed E-state index contributed by atoms with van der Waals surface area (Å²) in [4.78, 5) is 0. The molecule has 1 aromatic rings. The van der Waals surface area contributed by atoms with Crippen molar-refractivity contribution in [2.24, 2.45) is 0 Å². The van der Waals surface area contributed by atoms with Gasteiger partial charge in [-0.25, -0.2) is 0 Å². The first kappa shape index (κ1) is 8.78. The lowest BCUT2D eigenvalue weighted by molar-refractivity contribution is 0.254. The Labute approximate surface area is 71.3 Å². The normalized spacial score (nSPS) is 10.0. The highest BCUT2D eigenvalue weighted by Gasteiger charge is 2.19. The second kappa shape index (κ2) is 4.54. The molecule has 0 spiro atoms. The molecule has 0 fully saturated rings. The van der Waals surface area contributed by atoms with E-state index in [0.29, 0.717) is 6.61 Å². The average Bonchev–Trinajstić information content (AvgIpc) is 2.52. The van der Waals surface area contributed by atoms with Crippen LogP contribution in [-0.4, -0.2) is 20.8 Å². The van der Waals surface area contributed by atoms with Crippen LogP contribution in [0.15, 0.2) is 17.5 Å². The lowest BCUT2D eigenvalue weighted by Crippen LogP contribution is -2.33. The predicted molar refractivity (Wildman–Crippen MR) is 48.3 cm³/mol. The molecule has 0 aliphatic rings. The first-order valence-electron chi connectivity index (χ1n) is 3.56. The van der Waals surface area contributed by atoms with E-state index < -0.39 is 0 Å². The lowest BCUT2D eigenvalue weighted by Gasteiger charge is -2.06. The summed E-state index contributed by atoms with van der Waals surface area (Å²) >= 11 is 1.65. The molecule has 0 aliphatic heterocycles. The molecule has 0 radical (unpaired) electrons. The molecule has 0 bridgehead atoms. The minimum absolute atomic E-state index is 0.181. The standard InChI is InChI=1S/C7H11BO2S/c1-3-10-8(9-2)7-5-4-6-11-7/h4-6H,3H2,1-2H3. The molecule has 1 aromatic heterocycles. The molecule has 0 N–H and O–H groups in total. The molecule has 2 nitrogen and oxygen atoms in total. The molecular weight excluding hydrogens is 159 g/mol. The van der Waals surface area contributed by atoms with Crippen LogP contribution in [0.25, 0.3) is 0 Å². The van der Waals surface area contributed by atoms with E-state index in [1.54, 1.807) is 18.4 Å². The third-order valence-corrected chi connectivity index (χ3v) is 2.20. The summed E-state index contributed by atoms with van der Waals surface area (Å²) in [6, 6.07) is 4.00. The molecule has 0 unspecified atom stereocenters. The Morgan fingerprint density at radius 1 is 1.64 bits per heavy atom. The Kier molecular flexibility index (Phi) is 3.62. The van der Waals surface area contributed by atoms with Crippen LogP contribution in [0.4, 0.5) is 0 Å². The third-order valence-electron chi connectivity index (χ3n) is 1.31. The predicted octanol–water partition coefficient (Wildman–Crippen LogP) is 1.13. The molecule has 0 aliphatic carbocycles. The Morgan fingerprint density at radius 3 is 2.91 bits per heavy atom. The Hall–Kier alpha value is -0.315. The van der Waals surface area contributed by atoms with Gasteiger partial charge in [0.15, 0.2) is 0 Å². The molecule has 0 aromatic carbocycles. The van der Waals surface area contributed by atoms with Crippen molar-refractivity contribution in [3.63, 3.8) is 0 Å². The van der Waals surface area contributed by atoms with Crippen LogP contribution < -0.4 is 4.78 Å². The largest absolute Gasteiger partial charge is 0.504 e.